The van der Waals surface area contributed by atoms with Gasteiger partial charge >= 0.3 is 0 Å². The van der Waals surface area contributed by atoms with Crippen molar-refractivity contribution in [3.05, 3.63) is 22.4 Å². The Balaban J connectivity index is 1.42. The van der Waals surface area contributed by atoms with Crippen molar-refractivity contribution >= 4 is 23.2 Å². The lowest BCUT2D eigenvalue weighted by Gasteiger charge is -2.35. The van der Waals surface area contributed by atoms with E-state index in [-0.39, 0.29) is 17.7 Å². The maximum Gasteiger partial charge on any atom is 0.225 e. The zero-order valence-corrected chi connectivity index (χ0v) is 14.2. The number of morpholine rings is 1. The van der Waals surface area contributed by atoms with Crippen molar-refractivity contribution in [2.45, 2.75) is 25.7 Å². The van der Waals surface area contributed by atoms with E-state index < -0.39 is 0 Å². The highest BCUT2D eigenvalue weighted by Crippen LogP contribution is 2.21. The average Bonchev–Trinajstić information content (AvgIpc) is 3.13. The third-order valence-electron chi connectivity index (χ3n) is 4.73. The summed E-state index contributed by atoms with van der Waals surface area (Å²) in [7, 11) is 0. The molecule has 0 unspecified atom stereocenters. The quantitative estimate of drug-likeness (QED) is 0.842. The summed E-state index contributed by atoms with van der Waals surface area (Å²) in [5.41, 5.74) is 1.24. The number of rotatable bonds is 4. The number of hydrogen-bond acceptors (Lipinski definition) is 4. The Morgan fingerprint density at radius 1 is 1.13 bits per heavy atom. The Morgan fingerprint density at radius 2 is 1.87 bits per heavy atom. The fourth-order valence-electron chi connectivity index (χ4n) is 3.26. The molecule has 2 aliphatic heterocycles. The van der Waals surface area contributed by atoms with Crippen LogP contribution in [0.1, 0.15) is 24.8 Å². The molecule has 0 bridgehead atoms. The Hall–Kier alpha value is -1.40. The van der Waals surface area contributed by atoms with Crippen LogP contribution in [0.5, 0.6) is 0 Å². The van der Waals surface area contributed by atoms with Crippen LogP contribution in [0.25, 0.3) is 0 Å². The summed E-state index contributed by atoms with van der Waals surface area (Å²) >= 11 is 1.67. The zero-order valence-electron chi connectivity index (χ0n) is 13.4. The number of carbonyl (C=O) groups excluding carboxylic acids is 2. The van der Waals surface area contributed by atoms with Crippen LogP contribution in [-0.4, -0.2) is 61.0 Å². The first-order valence-electron chi connectivity index (χ1n) is 8.39. The van der Waals surface area contributed by atoms with Gasteiger partial charge in [-0.1, -0.05) is 0 Å². The van der Waals surface area contributed by atoms with Crippen molar-refractivity contribution in [1.29, 1.82) is 0 Å². The highest BCUT2D eigenvalue weighted by molar-refractivity contribution is 7.07. The fraction of sp³-hybridized carbons (Fsp3) is 0.647. The number of thiophene rings is 1. The fourth-order valence-corrected chi connectivity index (χ4v) is 3.97. The van der Waals surface area contributed by atoms with Gasteiger partial charge in [0.15, 0.2) is 0 Å². The van der Waals surface area contributed by atoms with Crippen LogP contribution in [0.2, 0.25) is 0 Å². The molecule has 2 fully saturated rings. The van der Waals surface area contributed by atoms with E-state index in [1.165, 1.54) is 5.56 Å². The van der Waals surface area contributed by atoms with E-state index in [1.54, 1.807) is 11.3 Å². The number of likely N-dealkylation sites (tertiary alicyclic amines) is 1. The number of ether oxygens (including phenoxy) is 1. The SMILES string of the molecule is O=C(CCc1ccsc1)N1CCC(C(=O)N2CCOCC2)CC1. The third-order valence-corrected chi connectivity index (χ3v) is 5.46. The average molecular weight is 336 g/mol. The standard InChI is InChI=1S/C17H24N2O3S/c20-16(2-1-14-5-12-23-13-14)18-6-3-15(4-7-18)17(21)19-8-10-22-11-9-19/h5,12-13,15H,1-4,6-11H2. The van der Waals surface area contributed by atoms with Crippen LogP contribution in [0.15, 0.2) is 16.8 Å². The first kappa shape index (κ1) is 16.5. The highest BCUT2D eigenvalue weighted by Gasteiger charge is 2.30. The second-order valence-corrected chi connectivity index (χ2v) is 7.00. The molecule has 0 spiro atoms. The van der Waals surface area contributed by atoms with Crippen LogP contribution in [0.3, 0.4) is 0 Å². The van der Waals surface area contributed by atoms with E-state index in [0.717, 1.165) is 19.3 Å². The number of amides is 2. The summed E-state index contributed by atoms with van der Waals surface area (Å²) < 4.78 is 5.30. The molecule has 23 heavy (non-hydrogen) atoms. The van der Waals surface area contributed by atoms with Gasteiger partial charge in [0.25, 0.3) is 0 Å². The van der Waals surface area contributed by atoms with Crippen LogP contribution < -0.4 is 0 Å². The largest absolute Gasteiger partial charge is 0.378 e. The molecule has 0 aliphatic carbocycles. The van der Waals surface area contributed by atoms with E-state index in [9.17, 15) is 9.59 Å². The number of carbonyl (C=O) groups is 2. The van der Waals surface area contributed by atoms with Crippen molar-refractivity contribution in [2.75, 3.05) is 39.4 Å². The lowest BCUT2D eigenvalue weighted by Crippen LogP contribution is -2.47. The van der Waals surface area contributed by atoms with Gasteiger partial charge in [0.05, 0.1) is 13.2 Å². The molecule has 2 saturated heterocycles. The number of hydrogen-bond donors (Lipinski definition) is 0. The van der Waals surface area contributed by atoms with Crippen LogP contribution >= 0.6 is 11.3 Å². The molecule has 126 valence electrons. The summed E-state index contributed by atoms with van der Waals surface area (Å²) in [6, 6.07) is 2.07. The Morgan fingerprint density at radius 3 is 2.52 bits per heavy atom. The van der Waals surface area contributed by atoms with Crippen molar-refractivity contribution in [3.8, 4) is 0 Å². The van der Waals surface area contributed by atoms with Gasteiger partial charge in [0.1, 0.15) is 0 Å². The molecule has 2 aliphatic rings. The molecule has 3 heterocycles. The zero-order chi connectivity index (χ0) is 16.1. The molecule has 3 rings (SSSR count). The van der Waals surface area contributed by atoms with E-state index in [4.69, 9.17) is 4.74 Å². The predicted molar refractivity (Wildman–Crippen MR) is 89.3 cm³/mol. The van der Waals surface area contributed by atoms with Gasteiger partial charge in [-0.15, -0.1) is 0 Å². The molecule has 0 saturated carbocycles. The molecule has 1 aromatic heterocycles. The first-order chi connectivity index (χ1) is 11.2. The van der Waals surface area contributed by atoms with E-state index >= 15 is 0 Å². The molecule has 0 radical (unpaired) electrons. The van der Waals surface area contributed by atoms with Crippen LogP contribution in [0.4, 0.5) is 0 Å². The molecular formula is C17H24N2O3S. The van der Waals surface area contributed by atoms with Gasteiger partial charge in [-0.3, -0.25) is 9.59 Å². The summed E-state index contributed by atoms with van der Waals surface area (Å²) in [6.45, 7) is 4.13. The summed E-state index contributed by atoms with van der Waals surface area (Å²) in [5, 5.41) is 4.14. The molecule has 2 amide bonds. The number of aryl methyl sites for hydroxylation is 1. The molecule has 0 aromatic carbocycles. The second-order valence-electron chi connectivity index (χ2n) is 6.22. The minimum atomic E-state index is 0.0778. The molecule has 0 atom stereocenters. The molecule has 6 heteroatoms. The Kier molecular flexibility index (Phi) is 5.67. The summed E-state index contributed by atoms with van der Waals surface area (Å²) in [5.74, 6) is 0.543. The molecular weight excluding hydrogens is 312 g/mol. The lowest BCUT2D eigenvalue weighted by atomic mass is 9.94. The Labute approximate surface area is 141 Å². The van der Waals surface area contributed by atoms with Crippen molar-refractivity contribution < 1.29 is 14.3 Å². The van der Waals surface area contributed by atoms with Crippen molar-refractivity contribution in [3.63, 3.8) is 0 Å². The van der Waals surface area contributed by atoms with E-state index in [2.05, 4.69) is 11.4 Å². The Bertz CT molecular complexity index is 518. The molecule has 5 nitrogen and oxygen atoms in total. The minimum absolute atomic E-state index is 0.0778. The predicted octanol–water partition coefficient (Wildman–Crippen LogP) is 1.78. The second kappa shape index (κ2) is 7.93. The van der Waals surface area contributed by atoms with E-state index in [0.29, 0.717) is 45.8 Å². The van der Waals surface area contributed by atoms with Gasteiger partial charge in [0.2, 0.25) is 11.8 Å². The van der Waals surface area contributed by atoms with E-state index in [1.807, 2.05) is 15.2 Å². The normalized spacial score (nSPS) is 19.8. The van der Waals surface area contributed by atoms with Gasteiger partial charge in [-0.05, 0) is 41.7 Å². The van der Waals surface area contributed by atoms with Crippen molar-refractivity contribution in [2.24, 2.45) is 5.92 Å². The molecule has 0 N–H and O–H groups in total. The van der Waals surface area contributed by atoms with Gasteiger partial charge < -0.3 is 14.5 Å². The third kappa shape index (κ3) is 4.32. The summed E-state index contributed by atoms with van der Waals surface area (Å²) in [4.78, 5) is 28.6. The monoisotopic (exact) mass is 336 g/mol. The van der Waals surface area contributed by atoms with Gasteiger partial charge in [-0.2, -0.15) is 11.3 Å². The number of nitrogens with zero attached hydrogens (tertiary/aromatic N) is 2. The van der Waals surface area contributed by atoms with Gasteiger partial charge in [0, 0.05) is 38.5 Å². The van der Waals surface area contributed by atoms with Crippen LogP contribution in [-0.2, 0) is 20.7 Å². The van der Waals surface area contributed by atoms with Crippen molar-refractivity contribution in [1.82, 2.24) is 9.80 Å². The highest BCUT2D eigenvalue weighted by atomic mass is 32.1. The lowest BCUT2D eigenvalue weighted by molar-refractivity contribution is -0.143. The molecule has 1 aromatic rings. The topological polar surface area (TPSA) is 49.9 Å². The van der Waals surface area contributed by atoms with Crippen LogP contribution in [0, 0.1) is 5.92 Å². The first-order valence-corrected chi connectivity index (χ1v) is 9.33. The maximum atomic E-state index is 12.5. The maximum absolute atomic E-state index is 12.5. The number of piperidine rings is 1. The summed E-state index contributed by atoms with van der Waals surface area (Å²) in [6.07, 6.45) is 2.97. The minimum Gasteiger partial charge on any atom is -0.378 e. The van der Waals surface area contributed by atoms with Gasteiger partial charge in [-0.25, -0.2) is 0 Å². The smallest absolute Gasteiger partial charge is 0.225 e.